The lowest BCUT2D eigenvalue weighted by molar-refractivity contribution is 0.268. The summed E-state index contributed by atoms with van der Waals surface area (Å²) in [5.41, 5.74) is 6.11. The number of benzene rings is 1. The molecular formula is C8H9ClFNO. The summed E-state index contributed by atoms with van der Waals surface area (Å²) in [5, 5.41) is 8.71. The van der Waals surface area contributed by atoms with E-state index in [0.717, 1.165) is 0 Å². The maximum absolute atomic E-state index is 12.6. The van der Waals surface area contributed by atoms with Gasteiger partial charge in [0.05, 0.1) is 17.7 Å². The highest BCUT2D eigenvalue weighted by Gasteiger charge is 2.06. The Bertz CT molecular complexity index is 280. The SMILES string of the molecule is N[C@H](CO)c1ccc(F)c(Cl)c1. The van der Waals surface area contributed by atoms with Gasteiger partial charge in [-0.2, -0.15) is 0 Å². The van der Waals surface area contributed by atoms with E-state index in [2.05, 4.69) is 0 Å². The van der Waals surface area contributed by atoms with E-state index in [4.69, 9.17) is 22.4 Å². The van der Waals surface area contributed by atoms with E-state index in [0.29, 0.717) is 5.56 Å². The van der Waals surface area contributed by atoms with E-state index in [9.17, 15) is 4.39 Å². The van der Waals surface area contributed by atoms with Gasteiger partial charge in [-0.25, -0.2) is 4.39 Å². The molecule has 0 saturated heterocycles. The Hall–Kier alpha value is -0.640. The number of aliphatic hydroxyl groups excluding tert-OH is 1. The van der Waals surface area contributed by atoms with Gasteiger partial charge in [-0.05, 0) is 17.7 Å². The van der Waals surface area contributed by atoms with Gasteiger partial charge in [-0.3, -0.25) is 0 Å². The molecule has 1 aromatic rings. The fraction of sp³-hybridized carbons (Fsp3) is 0.250. The van der Waals surface area contributed by atoms with Crippen LogP contribution in [0.5, 0.6) is 0 Å². The summed E-state index contributed by atoms with van der Waals surface area (Å²) in [5.74, 6) is -0.481. The van der Waals surface area contributed by atoms with Crippen molar-refractivity contribution in [3.63, 3.8) is 0 Å². The summed E-state index contributed by atoms with van der Waals surface area (Å²) in [6.45, 7) is -0.179. The van der Waals surface area contributed by atoms with E-state index in [1.165, 1.54) is 18.2 Å². The second-order valence-electron chi connectivity index (χ2n) is 2.46. The first kappa shape index (κ1) is 9.45. The smallest absolute Gasteiger partial charge is 0.141 e. The lowest BCUT2D eigenvalue weighted by Crippen LogP contribution is -2.14. The molecule has 1 rings (SSSR count). The van der Waals surface area contributed by atoms with Gasteiger partial charge < -0.3 is 10.8 Å². The Labute approximate surface area is 74.8 Å². The third-order valence-electron chi connectivity index (χ3n) is 1.57. The van der Waals surface area contributed by atoms with Gasteiger partial charge in [0.1, 0.15) is 5.82 Å². The van der Waals surface area contributed by atoms with Gasteiger partial charge >= 0.3 is 0 Å². The summed E-state index contributed by atoms with van der Waals surface area (Å²) in [6, 6.07) is 3.65. The van der Waals surface area contributed by atoms with E-state index in [1.807, 2.05) is 0 Å². The third kappa shape index (κ3) is 1.94. The van der Waals surface area contributed by atoms with Crippen LogP contribution in [0.25, 0.3) is 0 Å². The lowest BCUT2D eigenvalue weighted by atomic mass is 10.1. The molecule has 0 amide bonds. The molecule has 0 unspecified atom stereocenters. The number of hydrogen-bond donors (Lipinski definition) is 2. The van der Waals surface area contributed by atoms with Crippen molar-refractivity contribution in [2.45, 2.75) is 6.04 Å². The molecule has 0 aliphatic heterocycles. The van der Waals surface area contributed by atoms with Crippen LogP contribution < -0.4 is 5.73 Å². The van der Waals surface area contributed by atoms with Gasteiger partial charge in [0.2, 0.25) is 0 Å². The summed E-state index contributed by atoms with van der Waals surface area (Å²) < 4.78 is 12.6. The highest BCUT2D eigenvalue weighted by Crippen LogP contribution is 2.19. The second kappa shape index (κ2) is 3.85. The number of nitrogens with two attached hydrogens (primary N) is 1. The van der Waals surface area contributed by atoms with Crippen molar-refractivity contribution in [1.29, 1.82) is 0 Å². The highest BCUT2D eigenvalue weighted by molar-refractivity contribution is 6.30. The Kier molecular flexibility index (Phi) is 3.03. The van der Waals surface area contributed by atoms with Gasteiger partial charge in [0.25, 0.3) is 0 Å². The van der Waals surface area contributed by atoms with E-state index < -0.39 is 11.9 Å². The molecule has 3 N–H and O–H groups in total. The molecule has 1 atom stereocenters. The zero-order valence-corrected chi connectivity index (χ0v) is 7.05. The Morgan fingerprint density at radius 2 is 2.25 bits per heavy atom. The zero-order chi connectivity index (χ0) is 9.14. The predicted octanol–water partition coefficient (Wildman–Crippen LogP) is 1.47. The molecule has 1 aromatic carbocycles. The Morgan fingerprint density at radius 3 is 2.75 bits per heavy atom. The van der Waals surface area contributed by atoms with Crippen LogP contribution in [-0.4, -0.2) is 11.7 Å². The maximum Gasteiger partial charge on any atom is 0.141 e. The normalized spacial score (nSPS) is 13.0. The van der Waals surface area contributed by atoms with Gasteiger partial charge in [0.15, 0.2) is 0 Å². The molecule has 4 heteroatoms. The van der Waals surface area contributed by atoms with Crippen molar-refractivity contribution < 1.29 is 9.50 Å². The molecule has 2 nitrogen and oxygen atoms in total. The van der Waals surface area contributed by atoms with E-state index in [1.54, 1.807) is 0 Å². The van der Waals surface area contributed by atoms with Crippen LogP contribution in [0.2, 0.25) is 5.02 Å². The average molecular weight is 190 g/mol. The van der Waals surface area contributed by atoms with Crippen LogP contribution in [-0.2, 0) is 0 Å². The molecule has 12 heavy (non-hydrogen) atoms. The second-order valence-corrected chi connectivity index (χ2v) is 2.87. The fourth-order valence-corrected chi connectivity index (χ4v) is 1.04. The van der Waals surface area contributed by atoms with Gasteiger partial charge in [-0.1, -0.05) is 17.7 Å². The van der Waals surface area contributed by atoms with Crippen LogP contribution in [0.4, 0.5) is 4.39 Å². The van der Waals surface area contributed by atoms with Crippen molar-refractivity contribution in [3.05, 3.63) is 34.6 Å². The molecule has 0 heterocycles. The molecule has 0 fully saturated rings. The van der Waals surface area contributed by atoms with Gasteiger partial charge in [-0.15, -0.1) is 0 Å². The first-order valence-corrected chi connectivity index (χ1v) is 3.84. The van der Waals surface area contributed by atoms with Crippen LogP contribution in [0.1, 0.15) is 11.6 Å². The minimum atomic E-state index is -0.497. The standard InChI is InChI=1S/C8H9ClFNO/c9-6-3-5(8(11)4-12)1-2-7(6)10/h1-3,8,12H,4,11H2/t8-/m1/s1. The molecule has 0 radical (unpaired) electrons. The van der Waals surface area contributed by atoms with Crippen molar-refractivity contribution in [2.75, 3.05) is 6.61 Å². The molecule has 66 valence electrons. The molecule has 0 aliphatic rings. The topological polar surface area (TPSA) is 46.2 Å². The maximum atomic E-state index is 12.6. The third-order valence-corrected chi connectivity index (χ3v) is 1.86. The van der Waals surface area contributed by atoms with Crippen LogP contribution in [0, 0.1) is 5.82 Å². The highest BCUT2D eigenvalue weighted by atomic mass is 35.5. The average Bonchev–Trinajstić information content (AvgIpc) is 2.08. The van der Waals surface area contributed by atoms with E-state index >= 15 is 0 Å². The van der Waals surface area contributed by atoms with Crippen molar-refractivity contribution in [2.24, 2.45) is 5.73 Å². The number of aliphatic hydroxyl groups is 1. The molecule has 0 aromatic heterocycles. The summed E-state index contributed by atoms with van der Waals surface area (Å²) in [6.07, 6.45) is 0. The lowest BCUT2D eigenvalue weighted by Gasteiger charge is -2.08. The molecule has 0 spiro atoms. The largest absolute Gasteiger partial charge is 0.394 e. The Balaban J connectivity index is 2.96. The first-order chi connectivity index (χ1) is 5.65. The van der Waals surface area contributed by atoms with Crippen LogP contribution in [0.15, 0.2) is 18.2 Å². The van der Waals surface area contributed by atoms with Crippen molar-refractivity contribution in [1.82, 2.24) is 0 Å². The summed E-state index contributed by atoms with van der Waals surface area (Å²) >= 11 is 5.50. The fourth-order valence-electron chi connectivity index (χ4n) is 0.848. The first-order valence-electron chi connectivity index (χ1n) is 3.46. The summed E-state index contributed by atoms with van der Waals surface area (Å²) in [4.78, 5) is 0. The Morgan fingerprint density at radius 1 is 1.58 bits per heavy atom. The molecule has 0 aliphatic carbocycles. The monoisotopic (exact) mass is 189 g/mol. The van der Waals surface area contributed by atoms with Gasteiger partial charge in [0, 0.05) is 0 Å². The van der Waals surface area contributed by atoms with Crippen molar-refractivity contribution >= 4 is 11.6 Å². The molecule has 0 saturated carbocycles. The minimum Gasteiger partial charge on any atom is -0.394 e. The number of halogens is 2. The van der Waals surface area contributed by atoms with Crippen LogP contribution in [0.3, 0.4) is 0 Å². The molecular weight excluding hydrogens is 181 g/mol. The summed E-state index contributed by atoms with van der Waals surface area (Å²) in [7, 11) is 0. The zero-order valence-electron chi connectivity index (χ0n) is 6.30. The van der Waals surface area contributed by atoms with Crippen LogP contribution >= 0.6 is 11.6 Å². The quantitative estimate of drug-likeness (QED) is 0.740. The number of rotatable bonds is 2. The minimum absolute atomic E-state index is 0.0244. The predicted molar refractivity (Wildman–Crippen MR) is 45.4 cm³/mol. The van der Waals surface area contributed by atoms with Crippen molar-refractivity contribution in [3.8, 4) is 0 Å². The molecule has 0 bridgehead atoms. The number of hydrogen-bond acceptors (Lipinski definition) is 2. The van der Waals surface area contributed by atoms with E-state index in [-0.39, 0.29) is 11.6 Å².